The van der Waals surface area contributed by atoms with Gasteiger partial charge in [-0.1, -0.05) is 12.1 Å². The third-order valence-corrected chi connectivity index (χ3v) is 2.64. The van der Waals surface area contributed by atoms with Crippen LogP contribution in [0, 0.1) is 0 Å². The quantitative estimate of drug-likeness (QED) is 0.864. The molecule has 1 atom stereocenters. The SMILES string of the molecule is CC(C)(C)OC(=O)NC(CCN)c1cccc(OC(F)(F)F)c1. The van der Waals surface area contributed by atoms with E-state index in [2.05, 4.69) is 10.1 Å². The average molecular weight is 334 g/mol. The molecular formula is C15H21F3N2O3. The molecule has 8 heteroatoms. The van der Waals surface area contributed by atoms with Gasteiger partial charge in [0.25, 0.3) is 0 Å². The van der Waals surface area contributed by atoms with Gasteiger partial charge < -0.3 is 20.5 Å². The van der Waals surface area contributed by atoms with Crippen molar-refractivity contribution >= 4 is 6.09 Å². The zero-order valence-electron chi connectivity index (χ0n) is 13.2. The Balaban J connectivity index is 2.88. The van der Waals surface area contributed by atoms with Crippen molar-refractivity contribution in [1.29, 1.82) is 0 Å². The summed E-state index contributed by atoms with van der Waals surface area (Å²) in [6, 6.07) is 4.82. The Bertz CT molecular complexity index is 527. The Morgan fingerprint density at radius 1 is 1.30 bits per heavy atom. The van der Waals surface area contributed by atoms with E-state index in [-0.39, 0.29) is 12.3 Å². The molecule has 0 aliphatic rings. The van der Waals surface area contributed by atoms with Crippen LogP contribution in [-0.2, 0) is 4.74 Å². The third kappa shape index (κ3) is 7.73. The highest BCUT2D eigenvalue weighted by Gasteiger charge is 2.31. The molecule has 0 radical (unpaired) electrons. The normalized spacial score (nSPS) is 13.3. The molecule has 1 aromatic carbocycles. The van der Waals surface area contributed by atoms with Crippen molar-refractivity contribution in [3.63, 3.8) is 0 Å². The summed E-state index contributed by atoms with van der Waals surface area (Å²) in [5.74, 6) is -0.358. The predicted molar refractivity (Wildman–Crippen MR) is 78.9 cm³/mol. The second kappa shape index (κ2) is 7.54. The topological polar surface area (TPSA) is 73.6 Å². The van der Waals surface area contributed by atoms with Gasteiger partial charge in [0.1, 0.15) is 11.4 Å². The zero-order valence-corrected chi connectivity index (χ0v) is 13.2. The summed E-state index contributed by atoms with van der Waals surface area (Å²) in [5.41, 5.74) is 5.27. The van der Waals surface area contributed by atoms with Crippen LogP contribution in [0.4, 0.5) is 18.0 Å². The van der Waals surface area contributed by atoms with Gasteiger partial charge in [-0.2, -0.15) is 0 Å². The van der Waals surface area contributed by atoms with Gasteiger partial charge in [-0.25, -0.2) is 4.79 Å². The van der Waals surface area contributed by atoms with Crippen LogP contribution in [-0.4, -0.2) is 24.6 Å². The van der Waals surface area contributed by atoms with Gasteiger partial charge in [0.2, 0.25) is 0 Å². The lowest BCUT2D eigenvalue weighted by Gasteiger charge is -2.24. The van der Waals surface area contributed by atoms with Crippen molar-refractivity contribution in [3.8, 4) is 5.75 Å². The number of amides is 1. The lowest BCUT2D eigenvalue weighted by Crippen LogP contribution is -2.35. The van der Waals surface area contributed by atoms with Crippen molar-refractivity contribution in [2.45, 2.75) is 45.2 Å². The molecular weight excluding hydrogens is 313 g/mol. The fourth-order valence-corrected chi connectivity index (χ4v) is 1.87. The summed E-state index contributed by atoms with van der Waals surface area (Å²) in [6.07, 6.45) is -5.10. The maximum atomic E-state index is 12.3. The molecule has 5 nitrogen and oxygen atoms in total. The number of alkyl carbamates (subject to hydrolysis) is 1. The van der Waals surface area contributed by atoms with Crippen LogP contribution in [0.15, 0.2) is 24.3 Å². The summed E-state index contributed by atoms with van der Waals surface area (Å²) in [6.45, 7) is 5.37. The number of carbonyl (C=O) groups is 1. The van der Waals surface area contributed by atoms with Crippen molar-refractivity contribution in [2.75, 3.05) is 6.54 Å². The minimum Gasteiger partial charge on any atom is -0.444 e. The van der Waals surface area contributed by atoms with Crippen LogP contribution >= 0.6 is 0 Å². The Morgan fingerprint density at radius 3 is 2.48 bits per heavy atom. The first kappa shape index (κ1) is 19.1. The number of nitrogens with two attached hydrogens (primary N) is 1. The van der Waals surface area contributed by atoms with E-state index in [4.69, 9.17) is 10.5 Å². The molecule has 130 valence electrons. The first-order valence-electron chi connectivity index (χ1n) is 7.05. The van der Waals surface area contributed by atoms with E-state index in [1.807, 2.05) is 0 Å². The van der Waals surface area contributed by atoms with Gasteiger partial charge in [0.05, 0.1) is 6.04 Å². The highest BCUT2D eigenvalue weighted by atomic mass is 19.4. The van der Waals surface area contributed by atoms with Crippen LogP contribution in [0.3, 0.4) is 0 Å². The van der Waals surface area contributed by atoms with Crippen LogP contribution in [0.25, 0.3) is 0 Å². The predicted octanol–water partition coefficient (Wildman–Crippen LogP) is 3.50. The van der Waals surface area contributed by atoms with Crippen LogP contribution in [0.5, 0.6) is 5.75 Å². The number of nitrogens with one attached hydrogen (secondary N) is 1. The lowest BCUT2D eigenvalue weighted by molar-refractivity contribution is -0.274. The third-order valence-electron chi connectivity index (χ3n) is 2.64. The second-order valence-electron chi connectivity index (χ2n) is 5.90. The summed E-state index contributed by atoms with van der Waals surface area (Å²) in [4.78, 5) is 11.8. The number of hydrogen-bond donors (Lipinski definition) is 2. The molecule has 1 amide bonds. The van der Waals surface area contributed by atoms with Gasteiger partial charge in [-0.05, 0) is 51.4 Å². The highest BCUT2D eigenvalue weighted by molar-refractivity contribution is 5.68. The number of carbonyl (C=O) groups excluding carboxylic acids is 1. The first-order chi connectivity index (χ1) is 10.5. The Morgan fingerprint density at radius 2 is 1.96 bits per heavy atom. The van der Waals surface area contributed by atoms with Crippen molar-refractivity contribution in [2.24, 2.45) is 5.73 Å². The number of rotatable bonds is 5. The monoisotopic (exact) mass is 334 g/mol. The van der Waals surface area contributed by atoms with E-state index in [0.717, 1.165) is 0 Å². The molecule has 0 fully saturated rings. The summed E-state index contributed by atoms with van der Waals surface area (Å²) in [5, 5.41) is 2.60. The molecule has 0 heterocycles. The van der Waals surface area contributed by atoms with E-state index in [1.165, 1.54) is 18.2 Å². The molecule has 0 saturated carbocycles. The van der Waals surface area contributed by atoms with Crippen molar-refractivity contribution < 1.29 is 27.4 Å². The van der Waals surface area contributed by atoms with Crippen LogP contribution < -0.4 is 15.8 Å². The number of ether oxygens (including phenoxy) is 2. The van der Waals surface area contributed by atoms with Crippen LogP contribution in [0.1, 0.15) is 38.8 Å². The molecule has 3 N–H and O–H groups in total. The molecule has 0 bridgehead atoms. The van der Waals surface area contributed by atoms with Gasteiger partial charge in [0, 0.05) is 0 Å². The molecule has 0 spiro atoms. The van der Waals surface area contributed by atoms with Crippen LogP contribution in [0.2, 0.25) is 0 Å². The molecule has 0 aliphatic heterocycles. The Labute approximate surface area is 132 Å². The Kier molecular flexibility index (Phi) is 6.26. The standard InChI is InChI=1S/C15H21F3N2O3/c1-14(2,3)23-13(21)20-12(7-8-19)10-5-4-6-11(9-10)22-15(16,17)18/h4-6,9,12H,7-8,19H2,1-3H3,(H,20,21). The van der Waals surface area contributed by atoms with Crippen molar-refractivity contribution in [3.05, 3.63) is 29.8 Å². The summed E-state index contributed by atoms with van der Waals surface area (Å²) >= 11 is 0. The van der Waals surface area contributed by atoms with Gasteiger partial charge in [0.15, 0.2) is 0 Å². The number of halogens is 3. The Hall–Kier alpha value is -1.96. The number of alkyl halides is 3. The minimum atomic E-state index is -4.78. The fraction of sp³-hybridized carbons (Fsp3) is 0.533. The van der Waals surface area contributed by atoms with E-state index in [1.54, 1.807) is 26.8 Å². The fourth-order valence-electron chi connectivity index (χ4n) is 1.87. The largest absolute Gasteiger partial charge is 0.573 e. The molecule has 1 unspecified atom stereocenters. The van der Waals surface area contributed by atoms with Gasteiger partial charge >= 0.3 is 12.5 Å². The molecule has 23 heavy (non-hydrogen) atoms. The summed E-state index contributed by atoms with van der Waals surface area (Å²) in [7, 11) is 0. The highest BCUT2D eigenvalue weighted by Crippen LogP contribution is 2.26. The molecule has 0 aliphatic carbocycles. The summed E-state index contributed by atoms with van der Waals surface area (Å²) < 4.78 is 45.9. The average Bonchev–Trinajstić information content (AvgIpc) is 2.34. The smallest absolute Gasteiger partial charge is 0.444 e. The molecule has 0 aromatic heterocycles. The molecule has 0 saturated heterocycles. The molecule has 1 rings (SSSR count). The van der Waals surface area contributed by atoms with E-state index in [9.17, 15) is 18.0 Å². The second-order valence-corrected chi connectivity index (χ2v) is 5.90. The van der Waals surface area contributed by atoms with E-state index in [0.29, 0.717) is 12.0 Å². The van der Waals surface area contributed by atoms with E-state index >= 15 is 0 Å². The van der Waals surface area contributed by atoms with Gasteiger partial charge in [-0.3, -0.25) is 0 Å². The first-order valence-corrected chi connectivity index (χ1v) is 7.05. The minimum absolute atomic E-state index is 0.241. The zero-order chi connectivity index (χ0) is 17.7. The number of hydrogen-bond acceptors (Lipinski definition) is 4. The van der Waals surface area contributed by atoms with Gasteiger partial charge in [-0.15, -0.1) is 13.2 Å². The maximum absolute atomic E-state index is 12.3. The maximum Gasteiger partial charge on any atom is 0.573 e. The van der Waals surface area contributed by atoms with Crippen molar-refractivity contribution in [1.82, 2.24) is 5.32 Å². The molecule has 1 aromatic rings. The lowest BCUT2D eigenvalue weighted by atomic mass is 10.0. The van der Waals surface area contributed by atoms with E-state index < -0.39 is 24.1 Å². The number of benzene rings is 1.